The van der Waals surface area contributed by atoms with Gasteiger partial charge in [-0.15, -0.1) is 0 Å². The van der Waals surface area contributed by atoms with Gasteiger partial charge in [0.1, 0.15) is 11.6 Å². The first-order valence-electron chi connectivity index (χ1n) is 8.36. The van der Waals surface area contributed by atoms with Crippen LogP contribution in [0.2, 0.25) is 0 Å². The largest absolute Gasteiger partial charge is 0.501 e. The third-order valence-electron chi connectivity index (χ3n) is 4.20. The fourth-order valence-corrected chi connectivity index (χ4v) is 2.62. The number of amides is 1. The van der Waals surface area contributed by atoms with Crippen molar-refractivity contribution in [3.05, 3.63) is 93.4 Å². The van der Waals surface area contributed by atoms with Crippen LogP contribution in [0.4, 0.5) is 4.39 Å². The summed E-state index contributed by atoms with van der Waals surface area (Å²) in [4.78, 5) is 31.1. The number of rotatable bonds is 5. The van der Waals surface area contributed by atoms with Crippen LogP contribution in [0.3, 0.4) is 0 Å². The second-order valence-corrected chi connectivity index (χ2v) is 6.09. The molecule has 1 heterocycles. The zero-order valence-electron chi connectivity index (χ0n) is 14.6. The molecular formula is C20H18FN3O3. The van der Waals surface area contributed by atoms with Gasteiger partial charge in [-0.2, -0.15) is 0 Å². The molecule has 1 atom stereocenters. The third-order valence-corrected chi connectivity index (χ3v) is 4.20. The van der Waals surface area contributed by atoms with Gasteiger partial charge in [0.15, 0.2) is 5.69 Å². The molecule has 27 heavy (non-hydrogen) atoms. The molecule has 7 heteroatoms. The van der Waals surface area contributed by atoms with E-state index in [4.69, 9.17) is 0 Å². The Hall–Kier alpha value is -3.48. The van der Waals surface area contributed by atoms with E-state index < -0.39 is 17.2 Å². The van der Waals surface area contributed by atoms with Crippen molar-refractivity contribution in [3.63, 3.8) is 0 Å². The second kappa shape index (κ2) is 7.82. The van der Waals surface area contributed by atoms with Gasteiger partial charge >= 0.3 is 0 Å². The molecule has 2 aromatic carbocycles. The summed E-state index contributed by atoms with van der Waals surface area (Å²) in [7, 11) is 0. The Morgan fingerprint density at radius 1 is 1.19 bits per heavy atom. The lowest BCUT2D eigenvalue weighted by Crippen LogP contribution is -2.27. The zero-order valence-corrected chi connectivity index (χ0v) is 14.6. The topological polar surface area (TPSA) is 95.1 Å². The number of nitrogens with zero attached hydrogens (tertiary/aromatic N) is 1. The molecule has 1 amide bonds. The molecule has 0 aliphatic rings. The Labute approximate surface area is 154 Å². The number of aromatic amines is 1. The molecular weight excluding hydrogens is 349 g/mol. The summed E-state index contributed by atoms with van der Waals surface area (Å²) in [5.74, 6) is -1.81. The van der Waals surface area contributed by atoms with Gasteiger partial charge in [-0.05, 0) is 23.3 Å². The van der Waals surface area contributed by atoms with E-state index in [9.17, 15) is 19.1 Å². The molecule has 0 saturated carbocycles. The average molecular weight is 367 g/mol. The second-order valence-electron chi connectivity index (χ2n) is 6.09. The van der Waals surface area contributed by atoms with Crippen LogP contribution >= 0.6 is 0 Å². The molecule has 0 aliphatic heterocycles. The highest BCUT2D eigenvalue weighted by Crippen LogP contribution is 2.21. The quantitative estimate of drug-likeness (QED) is 0.646. The Morgan fingerprint density at radius 2 is 1.85 bits per heavy atom. The van der Waals surface area contributed by atoms with E-state index in [2.05, 4.69) is 15.3 Å². The van der Waals surface area contributed by atoms with Gasteiger partial charge in [0.05, 0.1) is 0 Å². The average Bonchev–Trinajstić information content (AvgIpc) is 2.69. The van der Waals surface area contributed by atoms with Crippen molar-refractivity contribution >= 4 is 5.91 Å². The first-order chi connectivity index (χ1) is 13.0. The lowest BCUT2D eigenvalue weighted by atomic mass is 10.0. The molecule has 138 valence electrons. The van der Waals surface area contributed by atoms with Gasteiger partial charge in [-0.1, -0.05) is 49.4 Å². The monoisotopic (exact) mass is 367 g/mol. The summed E-state index contributed by atoms with van der Waals surface area (Å²) in [6, 6.07) is 15.0. The molecule has 0 spiro atoms. The number of aromatic hydroxyl groups is 1. The number of hydrogen-bond acceptors (Lipinski definition) is 4. The van der Waals surface area contributed by atoms with Crippen molar-refractivity contribution in [2.45, 2.75) is 19.4 Å². The smallest absolute Gasteiger partial charge is 0.293 e. The fraction of sp³-hybridized carbons (Fsp3) is 0.150. The highest BCUT2D eigenvalue weighted by Gasteiger charge is 2.20. The molecule has 0 radical (unpaired) electrons. The van der Waals surface area contributed by atoms with E-state index in [0.29, 0.717) is 5.56 Å². The number of carbonyl (C=O) groups excluding carboxylic acids is 1. The van der Waals surface area contributed by atoms with Gasteiger partial charge in [-0.3, -0.25) is 9.59 Å². The summed E-state index contributed by atoms with van der Waals surface area (Å²) in [5.41, 5.74) is 0.448. The summed E-state index contributed by atoms with van der Waals surface area (Å²) in [6.07, 6.45) is 0. The van der Waals surface area contributed by atoms with Crippen LogP contribution in [0.1, 0.15) is 40.3 Å². The van der Waals surface area contributed by atoms with Gasteiger partial charge in [0.2, 0.25) is 5.75 Å². The van der Waals surface area contributed by atoms with E-state index >= 15 is 0 Å². The normalized spacial score (nSPS) is 11.8. The Kier molecular flexibility index (Phi) is 5.30. The minimum atomic E-state index is -0.783. The number of H-pyrrole nitrogens is 1. The maximum Gasteiger partial charge on any atom is 0.293 e. The van der Waals surface area contributed by atoms with E-state index in [1.54, 1.807) is 0 Å². The van der Waals surface area contributed by atoms with E-state index in [-0.39, 0.29) is 29.8 Å². The van der Waals surface area contributed by atoms with Crippen molar-refractivity contribution in [3.8, 4) is 5.75 Å². The number of halogens is 1. The summed E-state index contributed by atoms with van der Waals surface area (Å²) >= 11 is 0. The molecule has 3 N–H and O–H groups in total. The van der Waals surface area contributed by atoms with Crippen LogP contribution in [0.25, 0.3) is 0 Å². The number of benzene rings is 2. The maximum atomic E-state index is 12.9. The Bertz CT molecular complexity index is 1000. The van der Waals surface area contributed by atoms with Crippen LogP contribution in [0.5, 0.6) is 5.75 Å². The molecule has 0 fully saturated rings. The maximum absolute atomic E-state index is 12.9. The third kappa shape index (κ3) is 4.20. The number of aromatic nitrogens is 2. The van der Waals surface area contributed by atoms with Crippen LogP contribution in [-0.2, 0) is 6.54 Å². The number of nitrogens with one attached hydrogen (secondary N) is 2. The molecule has 3 aromatic rings. The molecule has 1 unspecified atom stereocenters. The molecule has 0 saturated heterocycles. The first-order valence-corrected chi connectivity index (χ1v) is 8.36. The molecule has 0 bridgehead atoms. The number of hydrogen-bond donors (Lipinski definition) is 3. The van der Waals surface area contributed by atoms with Gasteiger partial charge < -0.3 is 15.4 Å². The van der Waals surface area contributed by atoms with Crippen LogP contribution in [0.15, 0.2) is 59.4 Å². The summed E-state index contributed by atoms with van der Waals surface area (Å²) < 4.78 is 12.9. The molecule has 3 rings (SSSR count). The lowest BCUT2D eigenvalue weighted by molar-refractivity contribution is 0.0942. The Balaban J connectivity index is 1.84. The SMILES string of the molecule is CC(c1ccccc1)c1nc(C(=O)NCc2ccc(F)cc2)c(O)c(=O)[nH]1. The fourth-order valence-electron chi connectivity index (χ4n) is 2.62. The van der Waals surface area contributed by atoms with Gasteiger partial charge in [-0.25, -0.2) is 9.37 Å². The molecule has 1 aromatic heterocycles. The van der Waals surface area contributed by atoms with Crippen molar-refractivity contribution < 1.29 is 14.3 Å². The van der Waals surface area contributed by atoms with E-state index in [0.717, 1.165) is 5.56 Å². The summed E-state index contributed by atoms with van der Waals surface area (Å²) in [5, 5.41) is 12.5. The molecule has 6 nitrogen and oxygen atoms in total. The lowest BCUT2D eigenvalue weighted by Gasteiger charge is -2.13. The van der Waals surface area contributed by atoms with Crippen LogP contribution in [-0.4, -0.2) is 21.0 Å². The highest BCUT2D eigenvalue weighted by atomic mass is 19.1. The van der Waals surface area contributed by atoms with E-state index in [1.165, 1.54) is 24.3 Å². The van der Waals surface area contributed by atoms with E-state index in [1.807, 2.05) is 37.3 Å². The predicted octanol–water partition coefficient (Wildman–Crippen LogP) is 2.70. The summed E-state index contributed by atoms with van der Waals surface area (Å²) in [6.45, 7) is 1.95. The van der Waals surface area contributed by atoms with Gasteiger partial charge in [0, 0.05) is 12.5 Å². The first kappa shape index (κ1) is 18.3. The van der Waals surface area contributed by atoms with Crippen molar-refractivity contribution in [1.82, 2.24) is 15.3 Å². The minimum absolute atomic E-state index is 0.108. The number of carbonyl (C=O) groups is 1. The van der Waals surface area contributed by atoms with Crippen LogP contribution < -0.4 is 10.9 Å². The zero-order chi connectivity index (χ0) is 19.4. The van der Waals surface area contributed by atoms with Gasteiger partial charge in [0.25, 0.3) is 11.5 Å². The Morgan fingerprint density at radius 3 is 2.52 bits per heavy atom. The minimum Gasteiger partial charge on any atom is -0.501 e. The van der Waals surface area contributed by atoms with Crippen molar-refractivity contribution in [2.24, 2.45) is 0 Å². The van der Waals surface area contributed by atoms with Crippen molar-refractivity contribution in [2.75, 3.05) is 0 Å². The van der Waals surface area contributed by atoms with Crippen LogP contribution in [0, 0.1) is 5.82 Å². The standard InChI is InChI=1S/C20H18FN3O3/c1-12(14-5-3-2-4-6-14)18-23-16(17(25)20(27)24-18)19(26)22-11-13-7-9-15(21)10-8-13/h2-10,12,25H,11H2,1H3,(H,22,26)(H,23,24,27). The highest BCUT2D eigenvalue weighted by molar-refractivity contribution is 5.94. The van der Waals surface area contributed by atoms with Crippen molar-refractivity contribution in [1.29, 1.82) is 0 Å². The molecule has 0 aliphatic carbocycles. The predicted molar refractivity (Wildman–Crippen MR) is 98.1 cm³/mol.